The number of carbonyl (C=O) groups excluding carboxylic acids is 2. The average Bonchev–Trinajstić information content (AvgIpc) is 2.45. The van der Waals surface area contributed by atoms with Crippen LogP contribution in [0.3, 0.4) is 0 Å². The minimum Gasteiger partial charge on any atom is -0.359 e. The Balaban J connectivity index is 2.32. The van der Waals surface area contributed by atoms with Crippen molar-refractivity contribution in [3.05, 3.63) is 0 Å². The van der Waals surface area contributed by atoms with Crippen LogP contribution < -0.4 is 11.1 Å². The van der Waals surface area contributed by atoms with Crippen LogP contribution in [0.15, 0.2) is 0 Å². The van der Waals surface area contributed by atoms with Gasteiger partial charge in [-0.1, -0.05) is 13.3 Å². The number of amides is 2. The van der Waals surface area contributed by atoms with E-state index in [-0.39, 0.29) is 29.7 Å². The molecule has 3 N–H and O–H groups in total. The Bertz CT molecular complexity index is 323. The number of piperidine rings is 1. The van der Waals surface area contributed by atoms with E-state index in [2.05, 4.69) is 5.32 Å². The van der Waals surface area contributed by atoms with Gasteiger partial charge >= 0.3 is 0 Å². The van der Waals surface area contributed by atoms with Gasteiger partial charge in [0.05, 0.1) is 0 Å². The van der Waals surface area contributed by atoms with Crippen LogP contribution in [-0.2, 0) is 9.59 Å². The lowest BCUT2D eigenvalue weighted by Gasteiger charge is -2.33. The summed E-state index contributed by atoms with van der Waals surface area (Å²) in [4.78, 5) is 25.8. The summed E-state index contributed by atoms with van der Waals surface area (Å²) in [6.45, 7) is 5.40. The Labute approximate surface area is 122 Å². The lowest BCUT2D eigenvalue weighted by molar-refractivity contribution is -0.138. The van der Waals surface area contributed by atoms with Crippen molar-refractivity contribution in [3.63, 3.8) is 0 Å². The topological polar surface area (TPSA) is 75.4 Å². The maximum Gasteiger partial charge on any atom is 0.225 e. The van der Waals surface area contributed by atoms with Gasteiger partial charge in [-0.15, -0.1) is 0 Å². The Kier molecular flexibility index (Phi) is 6.99. The van der Waals surface area contributed by atoms with E-state index in [1.165, 1.54) is 0 Å². The van der Waals surface area contributed by atoms with Gasteiger partial charge in [0.15, 0.2) is 0 Å². The smallest absolute Gasteiger partial charge is 0.225 e. The molecule has 116 valence electrons. The van der Waals surface area contributed by atoms with E-state index < -0.39 is 0 Å². The number of carbonyl (C=O) groups is 2. The molecular formula is C15H29N3O2. The molecule has 2 atom stereocenters. The van der Waals surface area contributed by atoms with Crippen molar-refractivity contribution >= 4 is 11.8 Å². The molecule has 0 saturated carbocycles. The molecule has 1 saturated heterocycles. The van der Waals surface area contributed by atoms with Gasteiger partial charge in [-0.2, -0.15) is 0 Å². The fourth-order valence-electron chi connectivity index (χ4n) is 2.75. The summed E-state index contributed by atoms with van der Waals surface area (Å²) >= 11 is 0. The van der Waals surface area contributed by atoms with Crippen LogP contribution in [-0.4, -0.2) is 42.9 Å². The van der Waals surface area contributed by atoms with Gasteiger partial charge in [0, 0.05) is 38.0 Å². The summed E-state index contributed by atoms with van der Waals surface area (Å²) in [5.74, 6) is 0.454. The highest BCUT2D eigenvalue weighted by molar-refractivity contribution is 5.80. The molecule has 0 bridgehead atoms. The van der Waals surface area contributed by atoms with Crippen molar-refractivity contribution in [2.24, 2.45) is 17.6 Å². The van der Waals surface area contributed by atoms with Crippen LogP contribution in [0.4, 0.5) is 0 Å². The van der Waals surface area contributed by atoms with Crippen LogP contribution in [0.1, 0.15) is 46.0 Å². The van der Waals surface area contributed by atoms with Gasteiger partial charge in [-0.25, -0.2) is 0 Å². The molecule has 1 rings (SSSR count). The zero-order valence-electron chi connectivity index (χ0n) is 13.0. The molecule has 0 radical (unpaired) electrons. The number of rotatable bonds is 6. The maximum absolute atomic E-state index is 12.3. The SMILES string of the molecule is CNC(=O)C1CCN(C(=O)C(C)CCCC(C)N)CC1. The maximum atomic E-state index is 12.3. The van der Waals surface area contributed by atoms with Crippen molar-refractivity contribution in [3.8, 4) is 0 Å². The molecule has 0 aliphatic carbocycles. The molecule has 0 aromatic rings. The molecule has 2 unspecified atom stereocenters. The first-order chi connectivity index (χ1) is 9.45. The highest BCUT2D eigenvalue weighted by Crippen LogP contribution is 2.20. The van der Waals surface area contributed by atoms with E-state index in [9.17, 15) is 9.59 Å². The minimum atomic E-state index is 0.0605. The van der Waals surface area contributed by atoms with Gasteiger partial charge in [0.25, 0.3) is 0 Å². The highest BCUT2D eigenvalue weighted by Gasteiger charge is 2.28. The predicted octanol–water partition coefficient (Wildman–Crippen LogP) is 1.12. The van der Waals surface area contributed by atoms with Crippen molar-refractivity contribution in [2.75, 3.05) is 20.1 Å². The molecule has 1 heterocycles. The first kappa shape index (κ1) is 17.0. The first-order valence-electron chi connectivity index (χ1n) is 7.71. The van der Waals surface area contributed by atoms with E-state index in [1.807, 2.05) is 18.7 Å². The molecule has 2 amide bonds. The Morgan fingerprint density at radius 1 is 1.25 bits per heavy atom. The molecule has 20 heavy (non-hydrogen) atoms. The molecular weight excluding hydrogens is 254 g/mol. The Morgan fingerprint density at radius 3 is 2.35 bits per heavy atom. The number of hydrogen-bond acceptors (Lipinski definition) is 3. The second-order valence-corrected chi connectivity index (χ2v) is 6.02. The van der Waals surface area contributed by atoms with Crippen LogP contribution in [0.25, 0.3) is 0 Å². The summed E-state index contributed by atoms with van der Waals surface area (Å²) in [5.41, 5.74) is 5.72. The predicted molar refractivity (Wildman–Crippen MR) is 80.0 cm³/mol. The normalized spacial score (nSPS) is 19.5. The molecule has 0 spiro atoms. The summed E-state index contributed by atoms with van der Waals surface area (Å²) in [7, 11) is 1.67. The Morgan fingerprint density at radius 2 is 1.85 bits per heavy atom. The van der Waals surface area contributed by atoms with Crippen LogP contribution >= 0.6 is 0 Å². The van der Waals surface area contributed by atoms with Gasteiger partial charge < -0.3 is 16.0 Å². The first-order valence-corrected chi connectivity index (χ1v) is 7.71. The third kappa shape index (κ3) is 5.12. The largest absolute Gasteiger partial charge is 0.359 e. The fraction of sp³-hybridized carbons (Fsp3) is 0.867. The minimum absolute atomic E-state index is 0.0605. The summed E-state index contributed by atoms with van der Waals surface area (Å²) in [6, 6.07) is 0.209. The van der Waals surface area contributed by atoms with Gasteiger partial charge in [0.2, 0.25) is 11.8 Å². The van der Waals surface area contributed by atoms with E-state index >= 15 is 0 Å². The fourth-order valence-corrected chi connectivity index (χ4v) is 2.75. The third-order valence-electron chi connectivity index (χ3n) is 4.14. The molecule has 1 aliphatic rings. The van der Waals surface area contributed by atoms with E-state index in [0.717, 1.165) is 32.1 Å². The molecule has 1 aliphatic heterocycles. The number of likely N-dealkylation sites (tertiary alicyclic amines) is 1. The van der Waals surface area contributed by atoms with Crippen LogP contribution in [0.5, 0.6) is 0 Å². The van der Waals surface area contributed by atoms with Gasteiger partial charge in [-0.3, -0.25) is 9.59 Å². The van der Waals surface area contributed by atoms with Crippen LogP contribution in [0, 0.1) is 11.8 Å². The highest BCUT2D eigenvalue weighted by atomic mass is 16.2. The monoisotopic (exact) mass is 283 g/mol. The molecule has 1 fully saturated rings. The second-order valence-electron chi connectivity index (χ2n) is 6.02. The molecule has 5 nitrogen and oxygen atoms in total. The van der Waals surface area contributed by atoms with Gasteiger partial charge in [-0.05, 0) is 32.6 Å². The van der Waals surface area contributed by atoms with E-state index in [4.69, 9.17) is 5.73 Å². The summed E-state index contributed by atoms with van der Waals surface area (Å²) in [6.07, 6.45) is 4.42. The lowest BCUT2D eigenvalue weighted by Crippen LogP contribution is -2.44. The van der Waals surface area contributed by atoms with E-state index in [1.54, 1.807) is 7.05 Å². The lowest BCUT2D eigenvalue weighted by atomic mass is 9.94. The zero-order valence-corrected chi connectivity index (χ0v) is 13.0. The number of nitrogens with one attached hydrogen (secondary N) is 1. The number of nitrogens with two attached hydrogens (primary N) is 1. The third-order valence-corrected chi connectivity index (χ3v) is 4.14. The van der Waals surface area contributed by atoms with Crippen molar-refractivity contribution in [1.29, 1.82) is 0 Å². The molecule has 0 aromatic heterocycles. The van der Waals surface area contributed by atoms with Gasteiger partial charge in [0.1, 0.15) is 0 Å². The second kappa shape index (κ2) is 8.25. The zero-order chi connectivity index (χ0) is 15.1. The van der Waals surface area contributed by atoms with Crippen LogP contribution in [0.2, 0.25) is 0 Å². The van der Waals surface area contributed by atoms with E-state index in [0.29, 0.717) is 13.1 Å². The number of hydrogen-bond donors (Lipinski definition) is 2. The standard InChI is InChI=1S/C15H29N3O2/c1-11(5-4-6-12(2)16)15(20)18-9-7-13(8-10-18)14(19)17-3/h11-13H,4-10,16H2,1-3H3,(H,17,19). The number of nitrogens with zero attached hydrogens (tertiary/aromatic N) is 1. The quantitative estimate of drug-likeness (QED) is 0.767. The summed E-state index contributed by atoms with van der Waals surface area (Å²) in [5, 5.41) is 2.69. The average molecular weight is 283 g/mol. The molecule has 5 heteroatoms. The Hall–Kier alpha value is -1.10. The molecule has 0 aromatic carbocycles. The summed E-state index contributed by atoms with van der Waals surface area (Å²) < 4.78 is 0. The van der Waals surface area contributed by atoms with Crippen molar-refractivity contribution in [2.45, 2.75) is 52.0 Å². The van der Waals surface area contributed by atoms with Crippen molar-refractivity contribution < 1.29 is 9.59 Å². The van der Waals surface area contributed by atoms with Crippen molar-refractivity contribution in [1.82, 2.24) is 10.2 Å².